The third kappa shape index (κ3) is 1.95. The van der Waals surface area contributed by atoms with Crippen LogP contribution in [0.15, 0.2) is 16.7 Å². The molecular formula is C10H15ClN2O. The van der Waals surface area contributed by atoms with E-state index in [4.69, 9.17) is 21.9 Å². The molecule has 1 saturated carbocycles. The van der Waals surface area contributed by atoms with E-state index in [9.17, 15) is 0 Å². The molecule has 14 heavy (non-hydrogen) atoms. The molecule has 1 fully saturated rings. The first-order valence-corrected chi connectivity index (χ1v) is 5.38. The number of furan rings is 1. The third-order valence-corrected chi connectivity index (χ3v) is 3.32. The highest BCUT2D eigenvalue weighted by atomic mass is 35.5. The Labute approximate surface area is 88.6 Å². The Morgan fingerprint density at radius 3 is 2.86 bits per heavy atom. The van der Waals surface area contributed by atoms with Crippen molar-refractivity contribution in [2.45, 2.75) is 31.7 Å². The lowest BCUT2D eigenvalue weighted by atomic mass is 9.80. The molecule has 1 aliphatic carbocycles. The third-order valence-electron chi connectivity index (χ3n) is 3.02. The number of hydrogen-bond acceptors (Lipinski definition) is 3. The van der Waals surface area contributed by atoms with Gasteiger partial charge in [0.1, 0.15) is 0 Å². The summed E-state index contributed by atoms with van der Waals surface area (Å²) in [5, 5.41) is 0.451. The van der Waals surface area contributed by atoms with Crippen molar-refractivity contribution in [3.63, 3.8) is 0 Å². The van der Waals surface area contributed by atoms with Crippen LogP contribution in [0.1, 0.15) is 37.3 Å². The molecule has 4 heteroatoms. The van der Waals surface area contributed by atoms with Gasteiger partial charge in [0.25, 0.3) is 0 Å². The van der Waals surface area contributed by atoms with Crippen LogP contribution in [-0.4, -0.2) is 0 Å². The lowest BCUT2D eigenvalue weighted by molar-refractivity contribution is 0.261. The molecule has 0 aromatic carbocycles. The highest BCUT2D eigenvalue weighted by Gasteiger charge is 2.24. The van der Waals surface area contributed by atoms with Gasteiger partial charge in [-0.15, -0.1) is 0 Å². The van der Waals surface area contributed by atoms with Crippen molar-refractivity contribution in [1.82, 2.24) is 5.43 Å². The fraction of sp³-hybridized carbons (Fsp3) is 0.600. The first-order valence-electron chi connectivity index (χ1n) is 5.00. The Morgan fingerprint density at radius 2 is 2.43 bits per heavy atom. The monoisotopic (exact) mass is 214 g/mol. The van der Waals surface area contributed by atoms with Crippen molar-refractivity contribution in [2.75, 3.05) is 0 Å². The lowest BCUT2D eigenvalue weighted by Crippen LogP contribution is -2.31. The summed E-state index contributed by atoms with van der Waals surface area (Å²) in [5.41, 5.74) is 3.77. The van der Waals surface area contributed by atoms with E-state index in [0.717, 1.165) is 17.9 Å². The highest BCUT2D eigenvalue weighted by Crippen LogP contribution is 2.36. The second-order valence-electron chi connectivity index (χ2n) is 3.90. The predicted octanol–water partition coefficient (Wildman–Crippen LogP) is 2.63. The molecule has 78 valence electrons. The standard InChI is InChI=1S/C10H15ClN2O/c11-10-8(4-5-14-10)9(13-12)6-7-2-1-3-7/h4-5,7,9,13H,1-3,6,12H2. The van der Waals surface area contributed by atoms with Gasteiger partial charge in [0.05, 0.1) is 12.3 Å². The van der Waals surface area contributed by atoms with Crippen LogP contribution in [0.5, 0.6) is 0 Å². The van der Waals surface area contributed by atoms with E-state index in [1.165, 1.54) is 19.3 Å². The van der Waals surface area contributed by atoms with Gasteiger partial charge in [-0.25, -0.2) is 0 Å². The van der Waals surface area contributed by atoms with Crippen LogP contribution in [-0.2, 0) is 0 Å². The summed E-state index contributed by atoms with van der Waals surface area (Å²) in [7, 11) is 0. The fourth-order valence-electron chi connectivity index (χ4n) is 1.90. The molecule has 0 amide bonds. The minimum atomic E-state index is 0.131. The Bertz CT molecular complexity index is 296. The van der Waals surface area contributed by atoms with Crippen LogP contribution in [0.4, 0.5) is 0 Å². The Morgan fingerprint density at radius 1 is 1.64 bits per heavy atom. The van der Waals surface area contributed by atoms with Crippen LogP contribution in [0.25, 0.3) is 0 Å². The van der Waals surface area contributed by atoms with Crippen LogP contribution in [0, 0.1) is 5.92 Å². The van der Waals surface area contributed by atoms with Crippen molar-refractivity contribution in [1.29, 1.82) is 0 Å². The zero-order chi connectivity index (χ0) is 9.97. The molecule has 0 saturated heterocycles. The van der Waals surface area contributed by atoms with Crippen molar-refractivity contribution < 1.29 is 4.42 Å². The first kappa shape index (κ1) is 10.0. The van der Waals surface area contributed by atoms with Crippen molar-refractivity contribution >= 4 is 11.6 Å². The lowest BCUT2D eigenvalue weighted by Gasteiger charge is -2.29. The molecule has 1 heterocycles. The van der Waals surface area contributed by atoms with Gasteiger partial charge in [-0.1, -0.05) is 19.3 Å². The molecule has 0 bridgehead atoms. The van der Waals surface area contributed by atoms with Crippen LogP contribution in [0.2, 0.25) is 5.22 Å². The summed E-state index contributed by atoms with van der Waals surface area (Å²) in [6.45, 7) is 0. The summed E-state index contributed by atoms with van der Waals surface area (Å²) in [5.74, 6) is 6.30. The molecule has 1 aromatic heterocycles. The molecule has 1 unspecified atom stereocenters. The van der Waals surface area contributed by atoms with Gasteiger partial charge in [0, 0.05) is 5.56 Å². The summed E-state index contributed by atoms with van der Waals surface area (Å²) < 4.78 is 5.05. The molecule has 2 rings (SSSR count). The number of halogens is 1. The van der Waals surface area contributed by atoms with E-state index in [1.54, 1.807) is 6.26 Å². The second-order valence-corrected chi connectivity index (χ2v) is 4.24. The van der Waals surface area contributed by atoms with E-state index >= 15 is 0 Å². The summed E-state index contributed by atoms with van der Waals surface area (Å²) >= 11 is 5.90. The number of nitrogens with two attached hydrogens (primary N) is 1. The minimum absolute atomic E-state index is 0.131. The number of hydrogen-bond donors (Lipinski definition) is 2. The van der Waals surface area contributed by atoms with Gasteiger partial charge in [0.15, 0.2) is 5.22 Å². The maximum Gasteiger partial charge on any atom is 0.197 e. The number of rotatable bonds is 4. The van der Waals surface area contributed by atoms with Gasteiger partial charge in [-0.05, 0) is 30.0 Å². The fourth-order valence-corrected chi connectivity index (χ4v) is 2.15. The molecule has 1 aliphatic rings. The quantitative estimate of drug-likeness (QED) is 0.599. The van der Waals surface area contributed by atoms with Crippen LogP contribution in [0.3, 0.4) is 0 Å². The molecule has 0 radical (unpaired) electrons. The van der Waals surface area contributed by atoms with Crippen molar-refractivity contribution in [2.24, 2.45) is 11.8 Å². The topological polar surface area (TPSA) is 51.2 Å². The van der Waals surface area contributed by atoms with E-state index in [-0.39, 0.29) is 6.04 Å². The molecule has 3 N–H and O–H groups in total. The zero-order valence-corrected chi connectivity index (χ0v) is 8.76. The molecular weight excluding hydrogens is 200 g/mol. The normalized spacial score (nSPS) is 19.3. The Kier molecular flexibility index (Phi) is 3.11. The average molecular weight is 215 g/mol. The number of nitrogens with one attached hydrogen (secondary N) is 1. The molecule has 1 atom stereocenters. The smallest absolute Gasteiger partial charge is 0.197 e. The Balaban J connectivity index is 2.01. The first-order chi connectivity index (χ1) is 6.81. The average Bonchev–Trinajstić information content (AvgIpc) is 2.51. The molecule has 1 aromatic rings. The molecule has 0 aliphatic heterocycles. The van der Waals surface area contributed by atoms with Crippen LogP contribution < -0.4 is 11.3 Å². The largest absolute Gasteiger partial charge is 0.453 e. The van der Waals surface area contributed by atoms with E-state index in [1.807, 2.05) is 6.07 Å². The highest BCUT2D eigenvalue weighted by molar-refractivity contribution is 6.29. The van der Waals surface area contributed by atoms with E-state index in [0.29, 0.717) is 5.22 Å². The van der Waals surface area contributed by atoms with Crippen molar-refractivity contribution in [3.05, 3.63) is 23.1 Å². The van der Waals surface area contributed by atoms with Crippen molar-refractivity contribution in [3.8, 4) is 0 Å². The predicted molar refractivity (Wildman–Crippen MR) is 55.7 cm³/mol. The summed E-state index contributed by atoms with van der Waals surface area (Å²) in [6, 6.07) is 2.01. The van der Waals surface area contributed by atoms with E-state index < -0.39 is 0 Å². The minimum Gasteiger partial charge on any atom is -0.453 e. The maximum atomic E-state index is 5.90. The van der Waals surface area contributed by atoms with Gasteiger partial charge in [0.2, 0.25) is 0 Å². The van der Waals surface area contributed by atoms with Crippen LogP contribution >= 0.6 is 11.6 Å². The summed E-state index contributed by atoms with van der Waals surface area (Å²) in [6.07, 6.45) is 6.63. The second kappa shape index (κ2) is 4.34. The number of hydrazine groups is 1. The van der Waals surface area contributed by atoms with Gasteiger partial charge < -0.3 is 4.42 Å². The maximum absolute atomic E-state index is 5.90. The SMILES string of the molecule is NNC(CC1CCC1)c1ccoc1Cl. The zero-order valence-electron chi connectivity index (χ0n) is 8.00. The van der Waals surface area contributed by atoms with Gasteiger partial charge >= 0.3 is 0 Å². The van der Waals surface area contributed by atoms with Gasteiger partial charge in [-0.3, -0.25) is 11.3 Å². The summed E-state index contributed by atoms with van der Waals surface area (Å²) in [4.78, 5) is 0. The van der Waals surface area contributed by atoms with Gasteiger partial charge in [-0.2, -0.15) is 0 Å². The molecule has 3 nitrogen and oxygen atoms in total. The molecule has 0 spiro atoms. The Hall–Kier alpha value is -0.510. The van der Waals surface area contributed by atoms with E-state index in [2.05, 4.69) is 5.43 Å².